The van der Waals surface area contributed by atoms with Gasteiger partial charge in [-0.25, -0.2) is 4.99 Å². The van der Waals surface area contributed by atoms with E-state index in [-0.39, 0.29) is 5.91 Å². The van der Waals surface area contributed by atoms with Crippen LogP contribution in [-0.2, 0) is 4.79 Å². The summed E-state index contributed by atoms with van der Waals surface area (Å²) in [4.78, 5) is 15.2. The third-order valence-electron chi connectivity index (χ3n) is 1.72. The third kappa shape index (κ3) is 2.74. The van der Waals surface area contributed by atoms with Crippen molar-refractivity contribution in [3.63, 3.8) is 0 Å². The molecule has 15 heavy (non-hydrogen) atoms. The number of rotatable bonds is 1. The van der Waals surface area contributed by atoms with E-state index in [1.54, 1.807) is 18.2 Å². The summed E-state index contributed by atoms with van der Waals surface area (Å²) in [6.45, 7) is 0. The number of carbonyl (C=O) groups is 1. The maximum atomic E-state index is 10.9. The predicted octanol–water partition coefficient (Wildman–Crippen LogP) is 2.95. The molecule has 3 nitrogen and oxygen atoms in total. The van der Waals surface area contributed by atoms with Crippen molar-refractivity contribution in [1.82, 2.24) is 5.32 Å². The number of hydrogen-bond donors (Lipinski definition) is 1. The zero-order valence-electron chi connectivity index (χ0n) is 7.46. The second-order valence-electron chi connectivity index (χ2n) is 2.85. The van der Waals surface area contributed by atoms with Crippen molar-refractivity contribution in [3.05, 3.63) is 27.7 Å². The Balaban J connectivity index is 2.27. The van der Waals surface area contributed by atoms with Crippen LogP contribution in [0, 0.1) is 0 Å². The normalized spacial score (nSPS) is 18.3. The van der Waals surface area contributed by atoms with Crippen LogP contribution < -0.4 is 5.32 Å². The molecule has 0 aromatic heterocycles. The number of carbonyl (C=O) groups excluding carboxylic acids is 1. The highest BCUT2D eigenvalue weighted by atomic mass is 79.9. The Morgan fingerprint density at radius 2 is 2.33 bits per heavy atom. The van der Waals surface area contributed by atoms with E-state index in [1.165, 1.54) is 11.8 Å². The van der Waals surface area contributed by atoms with E-state index in [1.807, 2.05) is 0 Å². The molecule has 1 aliphatic rings. The number of hydrogen-bond acceptors (Lipinski definition) is 3. The highest BCUT2D eigenvalue weighted by Crippen LogP contribution is 2.29. The maximum Gasteiger partial charge on any atom is 0.236 e. The Morgan fingerprint density at radius 3 is 2.93 bits per heavy atom. The van der Waals surface area contributed by atoms with E-state index in [0.29, 0.717) is 15.9 Å². The first-order chi connectivity index (χ1) is 7.15. The van der Waals surface area contributed by atoms with E-state index in [9.17, 15) is 4.79 Å². The zero-order chi connectivity index (χ0) is 10.8. The molecule has 1 fully saturated rings. The molecule has 0 radical (unpaired) electrons. The highest BCUT2D eigenvalue weighted by molar-refractivity contribution is 9.10. The number of thioether (sulfide) groups is 1. The minimum atomic E-state index is -0.0103. The van der Waals surface area contributed by atoms with Crippen molar-refractivity contribution in [3.8, 4) is 0 Å². The van der Waals surface area contributed by atoms with Gasteiger partial charge in [-0.3, -0.25) is 4.79 Å². The molecule has 0 spiro atoms. The summed E-state index contributed by atoms with van der Waals surface area (Å²) in [5.41, 5.74) is 0.754. The van der Waals surface area contributed by atoms with Crippen molar-refractivity contribution in [2.24, 2.45) is 4.99 Å². The lowest BCUT2D eigenvalue weighted by molar-refractivity contribution is -0.116. The molecule has 0 aliphatic carbocycles. The second-order valence-corrected chi connectivity index (χ2v) is 5.10. The molecule has 0 atom stereocenters. The van der Waals surface area contributed by atoms with Crippen LogP contribution in [0.4, 0.5) is 5.69 Å². The molecule has 1 heterocycles. The average molecular weight is 306 g/mol. The summed E-state index contributed by atoms with van der Waals surface area (Å²) >= 11 is 10.6. The van der Waals surface area contributed by atoms with Gasteiger partial charge in [-0.1, -0.05) is 23.4 Å². The van der Waals surface area contributed by atoms with Crippen molar-refractivity contribution in [1.29, 1.82) is 0 Å². The smallest absolute Gasteiger partial charge is 0.236 e. The van der Waals surface area contributed by atoms with Crippen LogP contribution >= 0.6 is 39.3 Å². The van der Waals surface area contributed by atoms with Crippen LogP contribution in [0.15, 0.2) is 27.7 Å². The SMILES string of the molecule is O=C1CSC(=Nc2ccc(Cl)cc2Br)N1. The third-order valence-corrected chi connectivity index (χ3v) is 3.46. The highest BCUT2D eigenvalue weighted by Gasteiger charge is 2.16. The fourth-order valence-corrected chi connectivity index (χ4v) is 2.53. The first-order valence-corrected chi connectivity index (χ1v) is 6.27. The zero-order valence-corrected chi connectivity index (χ0v) is 10.6. The van der Waals surface area contributed by atoms with Crippen molar-refractivity contribution < 1.29 is 4.79 Å². The van der Waals surface area contributed by atoms with Gasteiger partial charge in [0, 0.05) is 9.50 Å². The van der Waals surface area contributed by atoms with E-state index in [2.05, 4.69) is 26.2 Å². The predicted molar refractivity (Wildman–Crippen MR) is 66.8 cm³/mol. The summed E-state index contributed by atoms with van der Waals surface area (Å²) in [5, 5.41) is 3.94. The van der Waals surface area contributed by atoms with E-state index < -0.39 is 0 Å². The first kappa shape index (κ1) is 11.0. The number of benzene rings is 1. The van der Waals surface area contributed by atoms with Crippen molar-refractivity contribution in [2.45, 2.75) is 0 Å². The van der Waals surface area contributed by atoms with Crippen LogP contribution in [0.3, 0.4) is 0 Å². The maximum absolute atomic E-state index is 10.9. The number of halogens is 2. The molecule has 0 saturated carbocycles. The lowest BCUT2D eigenvalue weighted by Gasteiger charge is -2.00. The van der Waals surface area contributed by atoms with E-state index in [4.69, 9.17) is 11.6 Å². The molecule has 1 aromatic rings. The summed E-state index contributed by atoms with van der Waals surface area (Å²) in [6.07, 6.45) is 0. The van der Waals surface area contributed by atoms with Gasteiger partial charge < -0.3 is 5.32 Å². The van der Waals surface area contributed by atoms with Gasteiger partial charge in [0.1, 0.15) is 0 Å². The molecular formula is C9H6BrClN2OS. The van der Waals surface area contributed by atoms with Gasteiger partial charge in [0.2, 0.25) is 5.91 Å². The monoisotopic (exact) mass is 304 g/mol. The molecule has 0 bridgehead atoms. The average Bonchev–Trinajstić information content (AvgIpc) is 2.56. The Morgan fingerprint density at radius 1 is 1.53 bits per heavy atom. The largest absolute Gasteiger partial charge is 0.304 e. The summed E-state index contributed by atoms with van der Waals surface area (Å²) in [5.74, 6) is 0.424. The van der Waals surface area contributed by atoms with Gasteiger partial charge in [0.25, 0.3) is 0 Å². The number of nitrogens with one attached hydrogen (secondary N) is 1. The fraction of sp³-hybridized carbons (Fsp3) is 0.111. The molecule has 1 saturated heterocycles. The molecule has 1 N–H and O–H groups in total. The van der Waals surface area contributed by atoms with Crippen LogP contribution in [0.1, 0.15) is 0 Å². The van der Waals surface area contributed by atoms with Crippen LogP contribution in [0.25, 0.3) is 0 Å². The van der Waals surface area contributed by atoms with Crippen molar-refractivity contribution >= 4 is 56.1 Å². The van der Waals surface area contributed by atoms with Gasteiger partial charge in [0.05, 0.1) is 11.4 Å². The first-order valence-electron chi connectivity index (χ1n) is 4.11. The van der Waals surface area contributed by atoms with E-state index in [0.717, 1.165) is 10.2 Å². The molecule has 2 rings (SSSR count). The summed E-state index contributed by atoms with van der Waals surface area (Å²) in [7, 11) is 0. The fourth-order valence-electron chi connectivity index (χ4n) is 1.07. The number of nitrogens with zero attached hydrogens (tertiary/aromatic N) is 1. The molecule has 78 valence electrons. The Hall–Kier alpha value is -0.520. The number of amidine groups is 1. The Kier molecular flexibility index (Phi) is 3.33. The van der Waals surface area contributed by atoms with Crippen LogP contribution in [0.5, 0.6) is 0 Å². The number of aliphatic imine (C=N–C) groups is 1. The lowest BCUT2D eigenvalue weighted by Crippen LogP contribution is -2.19. The molecule has 1 aliphatic heterocycles. The molecule has 1 amide bonds. The molecule has 0 unspecified atom stereocenters. The summed E-state index contributed by atoms with van der Waals surface area (Å²) < 4.78 is 0.809. The van der Waals surface area contributed by atoms with Gasteiger partial charge in [-0.15, -0.1) is 0 Å². The molecule has 1 aromatic carbocycles. The Bertz CT molecular complexity index is 450. The van der Waals surface area contributed by atoms with E-state index >= 15 is 0 Å². The van der Waals surface area contributed by atoms with Crippen LogP contribution in [0.2, 0.25) is 5.02 Å². The standard InChI is InChI=1S/C9H6BrClN2OS/c10-6-3-5(11)1-2-7(6)12-9-13-8(14)4-15-9/h1-3H,4H2,(H,12,13,14). The van der Waals surface area contributed by atoms with Gasteiger partial charge in [0.15, 0.2) is 5.17 Å². The van der Waals surface area contributed by atoms with Gasteiger partial charge >= 0.3 is 0 Å². The van der Waals surface area contributed by atoms with Gasteiger partial charge in [-0.05, 0) is 34.1 Å². The van der Waals surface area contributed by atoms with Crippen molar-refractivity contribution in [2.75, 3.05) is 5.75 Å². The lowest BCUT2D eigenvalue weighted by atomic mass is 10.3. The van der Waals surface area contributed by atoms with Gasteiger partial charge in [-0.2, -0.15) is 0 Å². The van der Waals surface area contributed by atoms with Crippen LogP contribution in [-0.4, -0.2) is 16.8 Å². The Labute approximate surface area is 104 Å². The summed E-state index contributed by atoms with van der Waals surface area (Å²) in [6, 6.07) is 5.32. The minimum Gasteiger partial charge on any atom is -0.304 e. The topological polar surface area (TPSA) is 41.5 Å². The molecular weight excluding hydrogens is 300 g/mol. The molecule has 6 heteroatoms. The quantitative estimate of drug-likeness (QED) is 0.866. The number of amides is 1. The second kappa shape index (κ2) is 4.55. The minimum absolute atomic E-state index is 0.0103.